The molecule has 0 unspecified atom stereocenters. The Kier molecular flexibility index (Phi) is 5.04. The number of hydrogen-bond acceptors (Lipinski definition) is 4. The quantitative estimate of drug-likeness (QED) is 0.861. The first kappa shape index (κ1) is 19.1. The molecule has 146 valence electrons. The van der Waals surface area contributed by atoms with E-state index in [0.717, 1.165) is 5.70 Å². The largest absolute Gasteiger partial charge is 0.493 e. The highest BCUT2D eigenvalue weighted by molar-refractivity contribution is 6.01. The molecular weight excluding hydrogens is 346 g/mol. The van der Waals surface area contributed by atoms with Crippen molar-refractivity contribution in [2.75, 3.05) is 27.8 Å². The highest BCUT2D eigenvalue weighted by Gasteiger charge is 2.45. The van der Waals surface area contributed by atoms with Crippen LogP contribution in [0, 0.1) is 5.92 Å². The Morgan fingerprint density at radius 2 is 1.85 bits per heavy atom. The molecule has 0 saturated heterocycles. The normalized spacial score (nSPS) is 20.8. The van der Waals surface area contributed by atoms with E-state index in [4.69, 9.17) is 9.47 Å². The Morgan fingerprint density at radius 3 is 2.44 bits per heavy atom. The lowest BCUT2D eigenvalue weighted by atomic mass is 9.94. The van der Waals surface area contributed by atoms with E-state index in [-0.39, 0.29) is 18.0 Å². The SMILES string of the molecule is COc1cccc([C@@H]2NC(=O)N(C)C3=C2C(=O)N([C@@H](C)C(C)C)C3)c1OC. The molecule has 0 aliphatic carbocycles. The fourth-order valence-electron chi connectivity index (χ4n) is 3.65. The number of carbonyl (C=O) groups excluding carboxylic acids is 2. The van der Waals surface area contributed by atoms with Gasteiger partial charge in [0, 0.05) is 18.7 Å². The molecule has 3 rings (SSSR count). The van der Waals surface area contributed by atoms with Crippen LogP contribution in [0.4, 0.5) is 4.79 Å². The van der Waals surface area contributed by atoms with Crippen LogP contribution in [0.15, 0.2) is 29.5 Å². The summed E-state index contributed by atoms with van der Waals surface area (Å²) in [6.45, 7) is 6.65. The van der Waals surface area contributed by atoms with Gasteiger partial charge in [0.15, 0.2) is 11.5 Å². The Morgan fingerprint density at radius 1 is 1.15 bits per heavy atom. The Balaban J connectivity index is 2.10. The lowest BCUT2D eigenvalue weighted by molar-refractivity contribution is -0.128. The van der Waals surface area contributed by atoms with E-state index in [1.54, 1.807) is 27.3 Å². The number of benzene rings is 1. The van der Waals surface area contributed by atoms with E-state index < -0.39 is 6.04 Å². The maximum Gasteiger partial charge on any atom is 0.322 e. The summed E-state index contributed by atoms with van der Waals surface area (Å²) >= 11 is 0. The molecule has 0 spiro atoms. The number of urea groups is 1. The monoisotopic (exact) mass is 373 g/mol. The van der Waals surface area contributed by atoms with Crippen LogP contribution in [-0.2, 0) is 4.79 Å². The van der Waals surface area contributed by atoms with Crippen LogP contribution in [0.3, 0.4) is 0 Å². The molecule has 7 nitrogen and oxygen atoms in total. The van der Waals surface area contributed by atoms with Gasteiger partial charge in [-0.05, 0) is 18.9 Å². The number of amides is 3. The molecule has 1 N–H and O–H groups in total. The minimum absolute atomic E-state index is 0.0482. The van der Waals surface area contributed by atoms with Gasteiger partial charge in [0.05, 0.1) is 38.1 Å². The van der Waals surface area contributed by atoms with Crippen molar-refractivity contribution in [3.8, 4) is 11.5 Å². The van der Waals surface area contributed by atoms with Crippen molar-refractivity contribution < 1.29 is 19.1 Å². The minimum atomic E-state index is -0.578. The van der Waals surface area contributed by atoms with E-state index in [9.17, 15) is 9.59 Å². The summed E-state index contributed by atoms with van der Waals surface area (Å²) in [6.07, 6.45) is 0. The summed E-state index contributed by atoms with van der Waals surface area (Å²) in [4.78, 5) is 29.2. The van der Waals surface area contributed by atoms with Crippen molar-refractivity contribution in [1.29, 1.82) is 0 Å². The van der Waals surface area contributed by atoms with Gasteiger partial charge in [-0.25, -0.2) is 4.79 Å². The van der Waals surface area contributed by atoms with Crippen LogP contribution < -0.4 is 14.8 Å². The van der Waals surface area contributed by atoms with Crippen molar-refractivity contribution >= 4 is 11.9 Å². The van der Waals surface area contributed by atoms with Crippen molar-refractivity contribution in [2.24, 2.45) is 5.92 Å². The molecule has 3 amide bonds. The molecule has 2 heterocycles. The van der Waals surface area contributed by atoms with Crippen molar-refractivity contribution in [1.82, 2.24) is 15.1 Å². The number of nitrogens with zero attached hydrogens (tertiary/aromatic N) is 2. The van der Waals surface area contributed by atoms with E-state index in [1.807, 2.05) is 24.0 Å². The molecular formula is C20H27N3O4. The van der Waals surface area contributed by atoms with Gasteiger partial charge in [0.25, 0.3) is 5.91 Å². The first-order valence-corrected chi connectivity index (χ1v) is 9.10. The molecule has 2 aliphatic rings. The number of likely N-dealkylation sites (N-methyl/N-ethyl adjacent to an activating group) is 1. The molecule has 0 saturated carbocycles. The first-order chi connectivity index (χ1) is 12.8. The Hall–Kier alpha value is -2.70. The molecule has 1 aromatic carbocycles. The Labute approximate surface area is 159 Å². The van der Waals surface area contributed by atoms with E-state index >= 15 is 0 Å². The maximum absolute atomic E-state index is 13.3. The summed E-state index contributed by atoms with van der Waals surface area (Å²) < 4.78 is 10.9. The highest BCUT2D eigenvalue weighted by atomic mass is 16.5. The molecule has 2 aliphatic heterocycles. The van der Waals surface area contributed by atoms with Gasteiger partial charge in [0.1, 0.15) is 0 Å². The molecule has 1 aromatic rings. The van der Waals surface area contributed by atoms with Crippen molar-refractivity contribution in [3.05, 3.63) is 35.0 Å². The highest BCUT2D eigenvalue weighted by Crippen LogP contribution is 2.42. The smallest absolute Gasteiger partial charge is 0.322 e. The number of nitrogens with one attached hydrogen (secondary N) is 1. The lowest BCUT2D eigenvalue weighted by Crippen LogP contribution is -2.45. The zero-order chi connectivity index (χ0) is 19.9. The fourth-order valence-corrected chi connectivity index (χ4v) is 3.65. The second kappa shape index (κ2) is 7.13. The topological polar surface area (TPSA) is 71.1 Å². The van der Waals surface area contributed by atoms with Crippen molar-refractivity contribution in [3.63, 3.8) is 0 Å². The van der Waals surface area contributed by atoms with E-state index in [2.05, 4.69) is 19.2 Å². The predicted molar refractivity (Wildman–Crippen MR) is 102 cm³/mol. The molecule has 0 aromatic heterocycles. The van der Waals surface area contributed by atoms with E-state index in [0.29, 0.717) is 35.1 Å². The van der Waals surface area contributed by atoms with Gasteiger partial charge in [-0.15, -0.1) is 0 Å². The van der Waals surface area contributed by atoms with Crippen LogP contribution in [0.25, 0.3) is 0 Å². The van der Waals surface area contributed by atoms with Crippen LogP contribution >= 0.6 is 0 Å². The average molecular weight is 373 g/mol. The van der Waals surface area contributed by atoms with E-state index in [1.165, 1.54) is 4.90 Å². The fraction of sp³-hybridized carbons (Fsp3) is 0.500. The van der Waals surface area contributed by atoms with Gasteiger partial charge in [-0.1, -0.05) is 26.0 Å². The van der Waals surface area contributed by atoms with Gasteiger partial charge >= 0.3 is 6.03 Å². The molecule has 0 radical (unpaired) electrons. The molecule has 0 fully saturated rings. The Bertz CT molecular complexity index is 802. The molecule has 7 heteroatoms. The van der Waals surface area contributed by atoms with Gasteiger partial charge in [-0.2, -0.15) is 0 Å². The summed E-state index contributed by atoms with van der Waals surface area (Å²) in [5.74, 6) is 1.34. The summed E-state index contributed by atoms with van der Waals surface area (Å²) in [7, 11) is 4.81. The van der Waals surface area contributed by atoms with Crippen LogP contribution in [-0.4, -0.2) is 55.6 Å². The molecule has 27 heavy (non-hydrogen) atoms. The predicted octanol–water partition coefficient (Wildman–Crippen LogP) is 2.54. The molecule has 0 bridgehead atoms. The first-order valence-electron chi connectivity index (χ1n) is 9.10. The number of para-hydroxylation sites is 1. The number of rotatable bonds is 5. The number of ether oxygens (including phenoxy) is 2. The molecule has 2 atom stereocenters. The minimum Gasteiger partial charge on any atom is -0.493 e. The summed E-state index contributed by atoms with van der Waals surface area (Å²) in [5, 5.41) is 2.95. The van der Waals surface area contributed by atoms with Gasteiger partial charge < -0.3 is 19.7 Å². The van der Waals surface area contributed by atoms with Gasteiger partial charge in [-0.3, -0.25) is 9.69 Å². The zero-order valence-electron chi connectivity index (χ0n) is 16.7. The maximum atomic E-state index is 13.3. The second-order valence-electron chi connectivity index (χ2n) is 7.30. The van der Waals surface area contributed by atoms with Gasteiger partial charge in [0.2, 0.25) is 0 Å². The zero-order valence-corrected chi connectivity index (χ0v) is 16.7. The third-order valence-corrected chi connectivity index (χ3v) is 5.59. The van der Waals surface area contributed by atoms with Crippen molar-refractivity contribution in [2.45, 2.75) is 32.9 Å². The third-order valence-electron chi connectivity index (χ3n) is 5.59. The van der Waals surface area contributed by atoms with Crippen LogP contribution in [0.5, 0.6) is 11.5 Å². The summed E-state index contributed by atoms with van der Waals surface area (Å²) in [5.41, 5.74) is 2.04. The third kappa shape index (κ3) is 3.01. The number of hydrogen-bond donors (Lipinski definition) is 1. The number of carbonyl (C=O) groups is 2. The van der Waals surface area contributed by atoms with Crippen LogP contribution in [0.2, 0.25) is 0 Å². The lowest BCUT2D eigenvalue weighted by Gasteiger charge is -2.31. The second-order valence-corrected chi connectivity index (χ2v) is 7.30. The average Bonchev–Trinajstić information content (AvgIpc) is 3.00. The standard InChI is InChI=1S/C20H27N3O4/c1-11(2)12(3)23-10-14-16(19(23)24)17(21-20(25)22(14)4)13-8-7-9-15(26-5)18(13)27-6/h7-9,11-12,17H,10H2,1-6H3,(H,21,25)/t12-,17-/m0/s1. The number of methoxy groups -OCH3 is 2. The summed E-state index contributed by atoms with van der Waals surface area (Å²) in [6, 6.07) is 4.72. The van der Waals surface area contributed by atoms with Crippen LogP contribution in [0.1, 0.15) is 32.4 Å².